The van der Waals surface area contributed by atoms with Crippen LogP contribution in [0.4, 0.5) is 0 Å². The van der Waals surface area contributed by atoms with Crippen LogP contribution >= 0.6 is 0 Å². The molecule has 0 saturated heterocycles. The number of hydrogen-bond donors (Lipinski definition) is 0. The van der Waals surface area contributed by atoms with E-state index < -0.39 is 6.04 Å². The van der Waals surface area contributed by atoms with Crippen LogP contribution in [0.1, 0.15) is 6.04 Å². The number of rotatable bonds is 4. The Morgan fingerprint density at radius 2 is 1.66 bits per heavy atom. The Bertz CT molecular complexity index is 1220. The van der Waals surface area contributed by atoms with Crippen molar-refractivity contribution in [2.45, 2.75) is 6.04 Å². The molecule has 8 heteroatoms. The number of nitrogens with zero attached hydrogens (tertiary/aromatic N) is 6. The Morgan fingerprint density at radius 1 is 0.897 bits per heavy atom. The number of ether oxygens (including phenoxy) is 1. The number of carbonyl (C=O) groups excluding carboxylic acids is 1. The van der Waals surface area contributed by atoms with Crippen LogP contribution in [0.25, 0.3) is 33.6 Å². The van der Waals surface area contributed by atoms with Crippen LogP contribution in [-0.4, -0.2) is 35.5 Å². The summed E-state index contributed by atoms with van der Waals surface area (Å²) >= 11 is 0. The SMILES string of the molecule is Cn1cc(-c2cccc(-c3ncc(-c4cnn(C5C=COC5=O)c4)cn3)c2)cn1. The summed E-state index contributed by atoms with van der Waals surface area (Å²) in [6, 6.07) is 7.51. The molecule has 5 rings (SSSR count). The Labute approximate surface area is 166 Å². The molecule has 0 amide bonds. The number of esters is 1. The van der Waals surface area contributed by atoms with Crippen LogP contribution in [0, 0.1) is 0 Å². The number of aryl methyl sites for hydroxylation is 1. The van der Waals surface area contributed by atoms with E-state index in [1.165, 1.54) is 6.26 Å². The van der Waals surface area contributed by atoms with Gasteiger partial charge in [0, 0.05) is 54.1 Å². The molecule has 142 valence electrons. The van der Waals surface area contributed by atoms with Crippen LogP contribution < -0.4 is 0 Å². The molecule has 0 spiro atoms. The summed E-state index contributed by atoms with van der Waals surface area (Å²) in [7, 11) is 1.89. The van der Waals surface area contributed by atoms with Crippen molar-refractivity contribution < 1.29 is 9.53 Å². The van der Waals surface area contributed by atoms with Crippen LogP contribution in [0.15, 0.2) is 73.8 Å². The smallest absolute Gasteiger partial charge is 0.339 e. The van der Waals surface area contributed by atoms with Gasteiger partial charge in [-0.2, -0.15) is 10.2 Å². The molecule has 0 bridgehead atoms. The van der Waals surface area contributed by atoms with Crippen molar-refractivity contribution in [2.24, 2.45) is 7.05 Å². The van der Waals surface area contributed by atoms with E-state index >= 15 is 0 Å². The first-order chi connectivity index (χ1) is 14.2. The lowest BCUT2D eigenvalue weighted by Crippen LogP contribution is -2.14. The summed E-state index contributed by atoms with van der Waals surface area (Å²) < 4.78 is 8.17. The summed E-state index contributed by atoms with van der Waals surface area (Å²) in [6.45, 7) is 0. The third-order valence-corrected chi connectivity index (χ3v) is 4.72. The molecule has 1 atom stereocenters. The first kappa shape index (κ1) is 17.1. The van der Waals surface area contributed by atoms with Crippen LogP contribution in [0.3, 0.4) is 0 Å². The Balaban J connectivity index is 1.40. The van der Waals surface area contributed by atoms with Gasteiger partial charge in [0.1, 0.15) is 0 Å². The third-order valence-electron chi connectivity index (χ3n) is 4.72. The van der Waals surface area contributed by atoms with Crippen molar-refractivity contribution in [1.82, 2.24) is 29.5 Å². The Hall–Kier alpha value is -4.07. The molecular weight excluding hydrogens is 368 g/mol. The second-order valence-corrected chi connectivity index (χ2v) is 6.70. The predicted molar refractivity (Wildman–Crippen MR) is 105 cm³/mol. The summed E-state index contributed by atoms with van der Waals surface area (Å²) in [5.41, 5.74) is 4.67. The van der Waals surface area contributed by atoms with Crippen molar-refractivity contribution in [3.05, 3.63) is 73.8 Å². The normalized spacial score (nSPS) is 15.6. The Kier molecular flexibility index (Phi) is 4.02. The third kappa shape index (κ3) is 3.20. The van der Waals surface area contributed by atoms with Gasteiger partial charge in [0.15, 0.2) is 11.9 Å². The highest BCUT2D eigenvalue weighted by molar-refractivity contribution is 5.79. The fourth-order valence-corrected chi connectivity index (χ4v) is 3.20. The van der Waals surface area contributed by atoms with Crippen LogP contribution in [0.5, 0.6) is 0 Å². The zero-order chi connectivity index (χ0) is 19.8. The van der Waals surface area contributed by atoms with Gasteiger partial charge < -0.3 is 4.74 Å². The first-order valence-electron chi connectivity index (χ1n) is 9.00. The average Bonchev–Trinajstić information content (AvgIpc) is 3.49. The van der Waals surface area contributed by atoms with E-state index in [1.54, 1.807) is 40.2 Å². The molecule has 1 aliphatic heterocycles. The number of carbonyl (C=O) groups is 1. The topological polar surface area (TPSA) is 87.7 Å². The zero-order valence-corrected chi connectivity index (χ0v) is 15.5. The van der Waals surface area contributed by atoms with Gasteiger partial charge in [-0.05, 0) is 17.7 Å². The molecule has 4 aromatic rings. The second kappa shape index (κ2) is 6.83. The molecule has 8 nitrogen and oxygen atoms in total. The fraction of sp³-hybridized carbons (Fsp3) is 0.0952. The molecule has 3 aromatic heterocycles. The van der Waals surface area contributed by atoms with E-state index in [2.05, 4.69) is 20.2 Å². The maximum atomic E-state index is 11.7. The number of hydrogen-bond acceptors (Lipinski definition) is 6. The molecule has 29 heavy (non-hydrogen) atoms. The van der Waals surface area contributed by atoms with Gasteiger partial charge in [-0.3, -0.25) is 9.36 Å². The molecule has 0 N–H and O–H groups in total. The van der Waals surface area contributed by atoms with Crippen molar-refractivity contribution in [2.75, 3.05) is 0 Å². The molecule has 1 unspecified atom stereocenters. The van der Waals surface area contributed by atoms with E-state index in [0.29, 0.717) is 5.82 Å². The minimum Gasteiger partial charge on any atom is -0.433 e. The standard InChI is InChI=1S/C21H16N6O2/c1-26-12-17(10-24-26)14-3-2-4-15(7-14)20-22-8-16(9-23-20)18-11-25-27(13-18)19-5-6-29-21(19)28/h2-13,19H,1H3. The number of aromatic nitrogens is 6. The lowest BCUT2D eigenvalue weighted by molar-refractivity contribution is -0.138. The number of benzene rings is 1. The van der Waals surface area contributed by atoms with Crippen LogP contribution in [0.2, 0.25) is 0 Å². The average molecular weight is 384 g/mol. The molecule has 0 aliphatic carbocycles. The molecule has 0 fully saturated rings. The summed E-state index contributed by atoms with van der Waals surface area (Å²) in [6.07, 6.45) is 13.8. The lowest BCUT2D eigenvalue weighted by Gasteiger charge is -2.05. The maximum absolute atomic E-state index is 11.7. The minimum absolute atomic E-state index is 0.347. The highest BCUT2D eigenvalue weighted by atomic mass is 16.5. The van der Waals surface area contributed by atoms with Crippen LogP contribution in [-0.2, 0) is 16.6 Å². The fourth-order valence-electron chi connectivity index (χ4n) is 3.20. The predicted octanol–water partition coefficient (Wildman–Crippen LogP) is 3.02. The van der Waals surface area contributed by atoms with Crippen molar-refractivity contribution in [3.8, 4) is 33.6 Å². The summed E-state index contributed by atoms with van der Waals surface area (Å²) in [4.78, 5) is 20.7. The summed E-state index contributed by atoms with van der Waals surface area (Å²) in [5, 5.41) is 8.47. The first-order valence-corrected chi connectivity index (χ1v) is 9.00. The van der Waals surface area contributed by atoms with E-state index in [1.807, 2.05) is 43.7 Å². The van der Waals surface area contributed by atoms with E-state index in [-0.39, 0.29) is 5.97 Å². The van der Waals surface area contributed by atoms with Gasteiger partial charge in [0.2, 0.25) is 0 Å². The van der Waals surface area contributed by atoms with Gasteiger partial charge in [0.05, 0.1) is 18.7 Å². The van der Waals surface area contributed by atoms with E-state index in [0.717, 1.165) is 27.8 Å². The molecule has 4 heterocycles. The maximum Gasteiger partial charge on any atom is 0.339 e. The monoisotopic (exact) mass is 384 g/mol. The lowest BCUT2D eigenvalue weighted by atomic mass is 10.1. The molecular formula is C21H16N6O2. The number of cyclic esters (lactones) is 1. The van der Waals surface area contributed by atoms with Gasteiger partial charge >= 0.3 is 5.97 Å². The highest BCUT2D eigenvalue weighted by Crippen LogP contribution is 2.26. The largest absolute Gasteiger partial charge is 0.433 e. The second-order valence-electron chi connectivity index (χ2n) is 6.70. The van der Waals surface area contributed by atoms with Crippen molar-refractivity contribution in [3.63, 3.8) is 0 Å². The van der Waals surface area contributed by atoms with Gasteiger partial charge in [-0.15, -0.1) is 0 Å². The van der Waals surface area contributed by atoms with Gasteiger partial charge in [-0.25, -0.2) is 14.8 Å². The highest BCUT2D eigenvalue weighted by Gasteiger charge is 2.24. The van der Waals surface area contributed by atoms with Gasteiger partial charge in [-0.1, -0.05) is 18.2 Å². The van der Waals surface area contributed by atoms with Gasteiger partial charge in [0.25, 0.3) is 0 Å². The van der Waals surface area contributed by atoms with E-state index in [4.69, 9.17) is 4.74 Å². The molecule has 1 aliphatic rings. The van der Waals surface area contributed by atoms with E-state index in [9.17, 15) is 4.79 Å². The Morgan fingerprint density at radius 3 is 2.38 bits per heavy atom. The molecule has 0 saturated carbocycles. The quantitative estimate of drug-likeness (QED) is 0.503. The summed E-state index contributed by atoms with van der Waals surface area (Å²) in [5.74, 6) is 0.286. The zero-order valence-electron chi connectivity index (χ0n) is 15.5. The molecule has 0 radical (unpaired) electrons. The van der Waals surface area contributed by atoms with Crippen molar-refractivity contribution >= 4 is 5.97 Å². The van der Waals surface area contributed by atoms with Crippen molar-refractivity contribution in [1.29, 1.82) is 0 Å². The molecule has 1 aromatic carbocycles. The minimum atomic E-state index is -0.529.